The summed E-state index contributed by atoms with van der Waals surface area (Å²) in [6.45, 7) is 3.94. The number of nitrogens with zero attached hydrogens (tertiary/aromatic N) is 2. The van der Waals surface area contributed by atoms with Crippen LogP contribution in [-0.4, -0.2) is 27.8 Å². The zero-order chi connectivity index (χ0) is 19.4. The van der Waals surface area contributed by atoms with Crippen LogP contribution in [0.4, 0.5) is 0 Å². The number of carbonyl (C=O) groups excluding carboxylic acids is 2. The van der Waals surface area contributed by atoms with Crippen LogP contribution in [0.3, 0.4) is 0 Å². The van der Waals surface area contributed by atoms with Gasteiger partial charge < -0.3 is 10.5 Å². The molecule has 1 aromatic heterocycles. The number of nitrogens with two attached hydrogens (primary N) is 1. The summed E-state index contributed by atoms with van der Waals surface area (Å²) in [4.78, 5) is 23.8. The van der Waals surface area contributed by atoms with Gasteiger partial charge in [0.2, 0.25) is 0 Å². The number of hydrogen-bond acceptors (Lipinski definition) is 4. The summed E-state index contributed by atoms with van der Waals surface area (Å²) in [5, 5.41) is 4.58. The monoisotopic (exact) mass is 363 g/mol. The number of carbonyl (C=O) groups is 2. The highest BCUT2D eigenvalue weighted by Gasteiger charge is 2.23. The van der Waals surface area contributed by atoms with Crippen LogP contribution in [-0.2, 0) is 16.1 Å². The molecule has 0 aliphatic heterocycles. The van der Waals surface area contributed by atoms with E-state index in [0.717, 1.165) is 16.7 Å². The van der Waals surface area contributed by atoms with E-state index >= 15 is 0 Å². The predicted molar refractivity (Wildman–Crippen MR) is 102 cm³/mol. The Balaban J connectivity index is 1.97. The van der Waals surface area contributed by atoms with E-state index in [-0.39, 0.29) is 0 Å². The topological polar surface area (TPSA) is 87.2 Å². The standard InChI is InChI=1S/C21H21N3O3/c1-14-8-10-17(11-9-14)19-18(21(26)27-15(2)20(22)25)13-24(23-19)12-16-6-4-3-5-7-16/h3-11,13,15H,12H2,1-2H3,(H2,22,25)/t15-/m0/s1. The molecule has 138 valence electrons. The van der Waals surface area contributed by atoms with E-state index in [9.17, 15) is 9.59 Å². The molecule has 6 heteroatoms. The normalized spacial score (nSPS) is 11.8. The van der Waals surface area contributed by atoms with E-state index < -0.39 is 18.0 Å². The van der Waals surface area contributed by atoms with Crippen molar-refractivity contribution in [2.75, 3.05) is 0 Å². The van der Waals surface area contributed by atoms with Gasteiger partial charge in [0.05, 0.1) is 6.54 Å². The molecular weight excluding hydrogens is 342 g/mol. The molecule has 0 bridgehead atoms. The third-order valence-corrected chi connectivity index (χ3v) is 4.18. The van der Waals surface area contributed by atoms with Crippen molar-refractivity contribution in [3.8, 4) is 11.3 Å². The minimum absolute atomic E-state index is 0.294. The molecule has 1 atom stereocenters. The molecule has 3 aromatic rings. The maximum Gasteiger partial charge on any atom is 0.342 e. The fraction of sp³-hybridized carbons (Fsp3) is 0.190. The van der Waals surface area contributed by atoms with Gasteiger partial charge in [0.25, 0.3) is 5.91 Å². The van der Waals surface area contributed by atoms with Gasteiger partial charge in [-0.25, -0.2) is 4.79 Å². The summed E-state index contributed by atoms with van der Waals surface area (Å²) < 4.78 is 6.87. The lowest BCUT2D eigenvalue weighted by molar-refractivity contribution is -0.125. The molecule has 0 unspecified atom stereocenters. The first kappa shape index (κ1) is 18.4. The van der Waals surface area contributed by atoms with E-state index in [2.05, 4.69) is 5.10 Å². The van der Waals surface area contributed by atoms with Crippen molar-refractivity contribution in [2.24, 2.45) is 5.73 Å². The quantitative estimate of drug-likeness (QED) is 0.682. The van der Waals surface area contributed by atoms with Crippen LogP contribution < -0.4 is 5.73 Å². The molecule has 0 saturated heterocycles. The van der Waals surface area contributed by atoms with Gasteiger partial charge in [-0.1, -0.05) is 60.2 Å². The minimum atomic E-state index is -1.01. The Morgan fingerprint density at radius 2 is 1.78 bits per heavy atom. The lowest BCUT2D eigenvalue weighted by atomic mass is 10.1. The number of benzene rings is 2. The number of esters is 1. The third kappa shape index (κ3) is 4.41. The smallest absolute Gasteiger partial charge is 0.342 e. The summed E-state index contributed by atoms with van der Waals surface area (Å²) in [5.41, 5.74) is 8.96. The van der Waals surface area contributed by atoms with Gasteiger partial charge >= 0.3 is 5.97 Å². The molecule has 27 heavy (non-hydrogen) atoms. The molecule has 6 nitrogen and oxygen atoms in total. The van der Waals surface area contributed by atoms with Gasteiger partial charge in [-0.3, -0.25) is 9.48 Å². The molecule has 0 radical (unpaired) electrons. The molecule has 0 fully saturated rings. The number of primary amides is 1. The van der Waals surface area contributed by atoms with Crippen LogP contribution in [0.1, 0.15) is 28.4 Å². The molecule has 1 heterocycles. The lowest BCUT2D eigenvalue weighted by Gasteiger charge is -2.09. The van der Waals surface area contributed by atoms with Crippen molar-refractivity contribution >= 4 is 11.9 Å². The van der Waals surface area contributed by atoms with Gasteiger partial charge in [0.1, 0.15) is 11.3 Å². The maximum atomic E-state index is 12.6. The van der Waals surface area contributed by atoms with Crippen molar-refractivity contribution in [1.29, 1.82) is 0 Å². The van der Waals surface area contributed by atoms with E-state index in [1.807, 2.05) is 61.5 Å². The zero-order valence-electron chi connectivity index (χ0n) is 15.3. The van der Waals surface area contributed by atoms with Crippen molar-refractivity contribution in [2.45, 2.75) is 26.5 Å². The first-order valence-corrected chi connectivity index (χ1v) is 8.63. The maximum absolute atomic E-state index is 12.6. The van der Waals surface area contributed by atoms with Gasteiger partial charge in [-0.05, 0) is 19.4 Å². The number of hydrogen-bond donors (Lipinski definition) is 1. The number of aryl methyl sites for hydroxylation is 1. The fourth-order valence-corrected chi connectivity index (χ4v) is 2.63. The third-order valence-electron chi connectivity index (χ3n) is 4.18. The van der Waals surface area contributed by atoms with Gasteiger partial charge in [0.15, 0.2) is 6.10 Å². The van der Waals surface area contributed by atoms with Crippen LogP contribution in [0, 0.1) is 6.92 Å². The van der Waals surface area contributed by atoms with Crippen molar-refractivity contribution in [1.82, 2.24) is 9.78 Å². The van der Waals surface area contributed by atoms with Crippen molar-refractivity contribution in [3.05, 3.63) is 77.5 Å². The van der Waals surface area contributed by atoms with Gasteiger partial charge in [-0.15, -0.1) is 0 Å². The van der Waals surface area contributed by atoms with E-state index in [4.69, 9.17) is 10.5 Å². The summed E-state index contributed by atoms with van der Waals surface area (Å²) >= 11 is 0. The highest BCUT2D eigenvalue weighted by molar-refractivity contribution is 5.97. The van der Waals surface area contributed by atoms with E-state index in [1.54, 1.807) is 10.9 Å². The summed E-state index contributed by atoms with van der Waals surface area (Å²) in [6, 6.07) is 17.5. The average molecular weight is 363 g/mol. The molecule has 2 N–H and O–H groups in total. The van der Waals surface area contributed by atoms with Crippen LogP contribution in [0.25, 0.3) is 11.3 Å². The molecule has 2 aromatic carbocycles. The SMILES string of the molecule is Cc1ccc(-c2nn(Cc3ccccc3)cc2C(=O)O[C@@H](C)C(N)=O)cc1. The largest absolute Gasteiger partial charge is 0.449 e. The molecule has 0 spiro atoms. The van der Waals surface area contributed by atoms with Crippen molar-refractivity contribution in [3.63, 3.8) is 0 Å². The van der Waals surface area contributed by atoms with Crippen molar-refractivity contribution < 1.29 is 14.3 Å². The Kier molecular flexibility index (Phi) is 5.35. The van der Waals surface area contributed by atoms with E-state index in [0.29, 0.717) is 17.8 Å². The number of rotatable bonds is 6. The Labute approximate surface area is 157 Å². The number of ether oxygens (including phenoxy) is 1. The van der Waals surface area contributed by atoms with Crippen LogP contribution >= 0.6 is 0 Å². The van der Waals surface area contributed by atoms with Crippen LogP contribution in [0.5, 0.6) is 0 Å². The Morgan fingerprint density at radius 3 is 2.41 bits per heavy atom. The number of amides is 1. The molecule has 3 rings (SSSR count). The fourth-order valence-electron chi connectivity index (χ4n) is 2.63. The highest BCUT2D eigenvalue weighted by Crippen LogP contribution is 2.24. The average Bonchev–Trinajstić information content (AvgIpc) is 3.07. The second-order valence-corrected chi connectivity index (χ2v) is 6.39. The Morgan fingerprint density at radius 1 is 1.11 bits per heavy atom. The van der Waals surface area contributed by atoms with E-state index in [1.165, 1.54) is 6.92 Å². The molecule has 0 aliphatic rings. The summed E-state index contributed by atoms with van der Waals surface area (Å²) in [6.07, 6.45) is 0.624. The second-order valence-electron chi connectivity index (χ2n) is 6.39. The van der Waals surface area contributed by atoms with Crippen LogP contribution in [0.2, 0.25) is 0 Å². The second kappa shape index (κ2) is 7.86. The first-order valence-electron chi connectivity index (χ1n) is 8.63. The van der Waals surface area contributed by atoms with Gasteiger partial charge in [-0.2, -0.15) is 5.10 Å². The lowest BCUT2D eigenvalue weighted by Crippen LogP contribution is -2.30. The minimum Gasteiger partial charge on any atom is -0.449 e. The summed E-state index contributed by atoms with van der Waals surface area (Å²) in [7, 11) is 0. The molecule has 1 amide bonds. The Bertz CT molecular complexity index is 947. The predicted octanol–water partition coefficient (Wildman–Crippen LogP) is 2.94. The highest BCUT2D eigenvalue weighted by atomic mass is 16.5. The number of aromatic nitrogens is 2. The Hall–Kier alpha value is -3.41. The molecule has 0 saturated carbocycles. The first-order chi connectivity index (χ1) is 12.9. The zero-order valence-corrected chi connectivity index (χ0v) is 15.3. The van der Waals surface area contributed by atoms with Gasteiger partial charge in [0, 0.05) is 11.8 Å². The molecule has 0 aliphatic carbocycles. The van der Waals surface area contributed by atoms with Crippen LogP contribution in [0.15, 0.2) is 60.8 Å². The molecular formula is C21H21N3O3. The summed E-state index contributed by atoms with van der Waals surface area (Å²) in [5.74, 6) is -1.33.